The Balaban J connectivity index is 1.61. The smallest absolute Gasteiger partial charge is 0.322 e. The summed E-state index contributed by atoms with van der Waals surface area (Å²) in [5.74, 6) is 0.963. The fraction of sp³-hybridized carbons (Fsp3) is 0.346. The highest BCUT2D eigenvalue weighted by Gasteiger charge is 2.32. The Morgan fingerprint density at radius 2 is 1.47 bits per heavy atom. The van der Waals surface area contributed by atoms with Gasteiger partial charge in [0, 0.05) is 30.7 Å². The van der Waals surface area contributed by atoms with Crippen LogP contribution in [0.3, 0.4) is 0 Å². The molecule has 0 fully saturated rings. The van der Waals surface area contributed by atoms with Crippen LogP contribution in [-0.4, -0.2) is 22.0 Å². The summed E-state index contributed by atoms with van der Waals surface area (Å²) in [6, 6.07) is 20.9. The Morgan fingerprint density at radius 3 is 2.07 bits per heavy atom. The van der Waals surface area contributed by atoms with E-state index < -0.39 is 0 Å². The lowest BCUT2D eigenvalue weighted by Gasteiger charge is -2.37. The molecule has 0 saturated carbocycles. The Bertz CT molecular complexity index is 1000. The predicted molar refractivity (Wildman–Crippen MR) is 123 cm³/mol. The normalized spacial score (nSPS) is 16.1. The number of anilines is 1. The maximum Gasteiger partial charge on any atom is 0.322 e. The van der Waals surface area contributed by atoms with Crippen molar-refractivity contribution in [2.24, 2.45) is 0 Å². The average molecular weight is 402 g/mol. The number of carbonyl (C=O) groups is 1. The van der Waals surface area contributed by atoms with Crippen LogP contribution in [0.1, 0.15) is 68.0 Å². The molecule has 3 aromatic rings. The van der Waals surface area contributed by atoms with Gasteiger partial charge in [-0.3, -0.25) is 0 Å². The van der Waals surface area contributed by atoms with E-state index in [1.807, 2.05) is 17.0 Å². The van der Waals surface area contributed by atoms with Gasteiger partial charge in [0.25, 0.3) is 0 Å². The van der Waals surface area contributed by atoms with E-state index in [-0.39, 0.29) is 12.1 Å². The zero-order valence-corrected chi connectivity index (χ0v) is 18.3. The van der Waals surface area contributed by atoms with Gasteiger partial charge in [0.05, 0.1) is 6.04 Å². The SMILES string of the molecule is CC(C)c1ccc(NC(=O)N2CCn3cccc3C2c2ccc(C(C)C)cc2)cc1. The highest BCUT2D eigenvalue weighted by Crippen LogP contribution is 2.33. The van der Waals surface area contributed by atoms with Crippen LogP contribution >= 0.6 is 0 Å². The Labute approximate surface area is 179 Å². The van der Waals surface area contributed by atoms with E-state index in [0.717, 1.165) is 23.5 Å². The Morgan fingerprint density at radius 1 is 0.867 bits per heavy atom. The van der Waals surface area contributed by atoms with Gasteiger partial charge in [0.15, 0.2) is 0 Å². The molecule has 1 aromatic heterocycles. The van der Waals surface area contributed by atoms with Crippen LogP contribution < -0.4 is 5.32 Å². The molecule has 156 valence electrons. The molecule has 1 N–H and O–H groups in total. The minimum Gasteiger partial charge on any atom is -0.348 e. The molecule has 2 aromatic carbocycles. The summed E-state index contributed by atoms with van der Waals surface area (Å²) < 4.78 is 2.25. The molecule has 2 heterocycles. The number of nitrogens with one attached hydrogen (secondary N) is 1. The van der Waals surface area contributed by atoms with E-state index in [4.69, 9.17) is 0 Å². The molecule has 0 radical (unpaired) electrons. The maximum atomic E-state index is 13.3. The van der Waals surface area contributed by atoms with Gasteiger partial charge in [-0.25, -0.2) is 4.79 Å². The van der Waals surface area contributed by atoms with Gasteiger partial charge >= 0.3 is 6.03 Å². The van der Waals surface area contributed by atoms with Crippen molar-refractivity contribution in [2.45, 2.75) is 52.1 Å². The summed E-state index contributed by atoms with van der Waals surface area (Å²) >= 11 is 0. The minimum atomic E-state index is -0.0927. The van der Waals surface area contributed by atoms with Crippen LogP contribution in [0.4, 0.5) is 10.5 Å². The summed E-state index contributed by atoms with van der Waals surface area (Å²) in [5.41, 5.74) is 5.71. The molecule has 1 aliphatic heterocycles. The molecule has 1 aliphatic rings. The van der Waals surface area contributed by atoms with Crippen molar-refractivity contribution in [3.8, 4) is 0 Å². The lowest BCUT2D eigenvalue weighted by atomic mass is 9.96. The monoisotopic (exact) mass is 401 g/mol. The number of rotatable bonds is 4. The Kier molecular flexibility index (Phi) is 5.67. The maximum absolute atomic E-state index is 13.3. The molecule has 2 amide bonds. The molecule has 1 unspecified atom stereocenters. The quantitative estimate of drug-likeness (QED) is 0.542. The van der Waals surface area contributed by atoms with Crippen molar-refractivity contribution in [3.63, 3.8) is 0 Å². The molecule has 4 nitrogen and oxygen atoms in total. The molecule has 0 aliphatic carbocycles. The van der Waals surface area contributed by atoms with Crippen LogP contribution in [-0.2, 0) is 6.54 Å². The summed E-state index contributed by atoms with van der Waals surface area (Å²) in [4.78, 5) is 15.2. The van der Waals surface area contributed by atoms with Crippen molar-refractivity contribution in [2.75, 3.05) is 11.9 Å². The van der Waals surface area contributed by atoms with Gasteiger partial charge < -0.3 is 14.8 Å². The number of fused-ring (bicyclic) bond motifs is 1. The fourth-order valence-corrected chi connectivity index (χ4v) is 4.16. The van der Waals surface area contributed by atoms with Gasteiger partial charge in [-0.2, -0.15) is 0 Å². The summed E-state index contributed by atoms with van der Waals surface area (Å²) in [7, 11) is 0. The van der Waals surface area contributed by atoms with Crippen molar-refractivity contribution in [1.82, 2.24) is 9.47 Å². The number of urea groups is 1. The molecular formula is C26H31N3O. The first-order valence-electron chi connectivity index (χ1n) is 10.9. The second-order valence-corrected chi connectivity index (χ2v) is 8.75. The molecule has 4 heteroatoms. The molecular weight excluding hydrogens is 370 g/mol. The van der Waals surface area contributed by atoms with Crippen LogP contribution in [0.25, 0.3) is 0 Å². The number of carbonyl (C=O) groups excluding carboxylic acids is 1. The number of hydrogen-bond acceptors (Lipinski definition) is 1. The van der Waals surface area contributed by atoms with Crippen LogP contribution in [0.5, 0.6) is 0 Å². The van der Waals surface area contributed by atoms with Crippen molar-refractivity contribution in [3.05, 3.63) is 89.2 Å². The lowest BCUT2D eigenvalue weighted by molar-refractivity contribution is 0.182. The van der Waals surface area contributed by atoms with E-state index in [0.29, 0.717) is 18.4 Å². The van der Waals surface area contributed by atoms with E-state index in [2.05, 4.69) is 92.3 Å². The minimum absolute atomic E-state index is 0.0577. The van der Waals surface area contributed by atoms with E-state index in [9.17, 15) is 4.79 Å². The average Bonchev–Trinajstić information content (AvgIpc) is 3.22. The van der Waals surface area contributed by atoms with Crippen LogP contribution in [0.15, 0.2) is 66.9 Å². The van der Waals surface area contributed by atoms with Gasteiger partial charge in [-0.15, -0.1) is 0 Å². The summed E-state index contributed by atoms with van der Waals surface area (Å²) in [5, 5.41) is 3.11. The summed E-state index contributed by atoms with van der Waals surface area (Å²) in [6.45, 7) is 10.2. The number of hydrogen-bond donors (Lipinski definition) is 1. The molecule has 0 bridgehead atoms. The lowest BCUT2D eigenvalue weighted by Crippen LogP contribution is -2.44. The zero-order chi connectivity index (χ0) is 21.3. The van der Waals surface area contributed by atoms with Crippen molar-refractivity contribution < 1.29 is 4.79 Å². The number of nitrogens with zero attached hydrogens (tertiary/aromatic N) is 2. The first-order valence-corrected chi connectivity index (χ1v) is 10.9. The molecule has 30 heavy (non-hydrogen) atoms. The van der Waals surface area contributed by atoms with Gasteiger partial charge in [-0.05, 0) is 52.8 Å². The van der Waals surface area contributed by atoms with E-state index in [1.165, 1.54) is 11.1 Å². The highest BCUT2D eigenvalue weighted by molar-refractivity contribution is 5.90. The number of aromatic nitrogens is 1. The summed E-state index contributed by atoms with van der Waals surface area (Å²) in [6.07, 6.45) is 2.10. The van der Waals surface area contributed by atoms with Crippen molar-refractivity contribution in [1.29, 1.82) is 0 Å². The number of amides is 2. The molecule has 1 atom stereocenters. The first-order chi connectivity index (χ1) is 14.4. The first kappa shape index (κ1) is 20.3. The molecule has 0 spiro atoms. The third kappa shape index (κ3) is 4.00. The molecule has 0 saturated heterocycles. The van der Waals surface area contributed by atoms with Gasteiger partial charge in [-0.1, -0.05) is 64.1 Å². The van der Waals surface area contributed by atoms with E-state index in [1.54, 1.807) is 0 Å². The number of benzene rings is 2. The van der Waals surface area contributed by atoms with Crippen LogP contribution in [0, 0.1) is 0 Å². The van der Waals surface area contributed by atoms with Gasteiger partial charge in [0.2, 0.25) is 0 Å². The standard InChI is InChI=1S/C26H31N3O/c1-18(2)20-7-9-22(10-8-20)25-24-6-5-15-28(24)16-17-29(25)26(30)27-23-13-11-21(12-14-23)19(3)4/h5-15,18-19,25H,16-17H2,1-4H3,(H,27,30). The largest absolute Gasteiger partial charge is 0.348 e. The fourth-order valence-electron chi connectivity index (χ4n) is 4.16. The molecule has 4 rings (SSSR count). The second-order valence-electron chi connectivity index (χ2n) is 8.75. The second kappa shape index (κ2) is 8.39. The van der Waals surface area contributed by atoms with Crippen LogP contribution in [0.2, 0.25) is 0 Å². The zero-order valence-electron chi connectivity index (χ0n) is 18.3. The highest BCUT2D eigenvalue weighted by atomic mass is 16.2. The predicted octanol–water partition coefficient (Wildman–Crippen LogP) is 6.37. The Hall–Kier alpha value is -3.01. The van der Waals surface area contributed by atoms with Gasteiger partial charge in [0.1, 0.15) is 0 Å². The third-order valence-electron chi connectivity index (χ3n) is 6.05. The van der Waals surface area contributed by atoms with E-state index >= 15 is 0 Å². The third-order valence-corrected chi connectivity index (χ3v) is 6.05. The van der Waals surface area contributed by atoms with Crippen molar-refractivity contribution >= 4 is 11.7 Å². The topological polar surface area (TPSA) is 37.3 Å².